The minimum atomic E-state index is 0. The zero-order valence-electron chi connectivity index (χ0n) is 15.1. The van der Waals surface area contributed by atoms with Gasteiger partial charge in [-0.15, -0.1) is 35.3 Å². The van der Waals surface area contributed by atoms with Gasteiger partial charge >= 0.3 is 0 Å². The molecule has 2 aromatic heterocycles. The lowest BCUT2D eigenvalue weighted by molar-refractivity contribution is 0.189. The highest BCUT2D eigenvalue weighted by Crippen LogP contribution is 2.27. The number of nitrogens with zero attached hydrogens (tertiary/aromatic N) is 4. The molecule has 0 bridgehead atoms. The van der Waals surface area contributed by atoms with E-state index in [1.165, 1.54) is 11.3 Å². The molecule has 7 heteroatoms. The van der Waals surface area contributed by atoms with Crippen molar-refractivity contribution in [2.75, 3.05) is 26.7 Å². The second kappa shape index (κ2) is 9.56. The molecule has 138 valence electrons. The summed E-state index contributed by atoms with van der Waals surface area (Å²) in [6.07, 6.45) is 7.03. The Morgan fingerprint density at radius 3 is 3.00 bits per heavy atom. The van der Waals surface area contributed by atoms with Gasteiger partial charge in [0.15, 0.2) is 5.96 Å². The molecule has 1 aliphatic rings. The van der Waals surface area contributed by atoms with Crippen molar-refractivity contribution in [1.29, 1.82) is 0 Å². The highest BCUT2D eigenvalue weighted by Gasteiger charge is 2.29. The lowest BCUT2D eigenvalue weighted by Crippen LogP contribution is -2.49. The van der Waals surface area contributed by atoms with Gasteiger partial charge in [0.1, 0.15) is 0 Å². The summed E-state index contributed by atoms with van der Waals surface area (Å²) in [6, 6.07) is 4.78. The number of likely N-dealkylation sites (tertiary alicyclic amines) is 1. The predicted octanol–water partition coefficient (Wildman–Crippen LogP) is 3.82. The first-order valence-electron chi connectivity index (χ1n) is 8.65. The quantitative estimate of drug-likeness (QED) is 0.417. The Labute approximate surface area is 171 Å². The number of guanidine groups is 1. The minimum Gasteiger partial charge on any atom is -0.356 e. The van der Waals surface area contributed by atoms with E-state index in [9.17, 15) is 0 Å². The molecule has 2 aromatic rings. The van der Waals surface area contributed by atoms with Crippen molar-refractivity contribution < 1.29 is 0 Å². The van der Waals surface area contributed by atoms with Crippen LogP contribution in [-0.4, -0.2) is 47.1 Å². The summed E-state index contributed by atoms with van der Waals surface area (Å²) >= 11 is 1.82. The molecular formula is C18H28IN5S. The summed E-state index contributed by atoms with van der Waals surface area (Å²) in [5.74, 6) is 2.16. The van der Waals surface area contributed by atoms with Crippen LogP contribution in [0.2, 0.25) is 0 Å². The molecule has 0 amide bonds. The molecule has 25 heavy (non-hydrogen) atoms. The number of halogens is 1. The molecule has 5 nitrogen and oxygen atoms in total. The average molecular weight is 473 g/mol. The van der Waals surface area contributed by atoms with Crippen molar-refractivity contribution in [3.05, 3.63) is 41.1 Å². The van der Waals surface area contributed by atoms with E-state index in [1.54, 1.807) is 0 Å². The van der Waals surface area contributed by atoms with Crippen LogP contribution in [0.25, 0.3) is 0 Å². The summed E-state index contributed by atoms with van der Waals surface area (Å²) in [7, 11) is 1.88. The van der Waals surface area contributed by atoms with E-state index in [4.69, 9.17) is 0 Å². The van der Waals surface area contributed by atoms with Gasteiger partial charge in [0, 0.05) is 49.9 Å². The van der Waals surface area contributed by atoms with Gasteiger partial charge in [-0.2, -0.15) is 0 Å². The van der Waals surface area contributed by atoms with Crippen LogP contribution in [0.1, 0.15) is 37.1 Å². The molecule has 1 saturated heterocycles. The van der Waals surface area contributed by atoms with Gasteiger partial charge in [-0.25, -0.2) is 4.98 Å². The normalized spacial score (nSPS) is 22.4. The molecular weight excluding hydrogens is 445 g/mol. The minimum absolute atomic E-state index is 0. The third-order valence-corrected chi connectivity index (χ3v) is 6.04. The van der Waals surface area contributed by atoms with Crippen LogP contribution in [-0.2, 0) is 0 Å². The molecule has 1 aliphatic heterocycles. The molecule has 3 rings (SSSR count). The van der Waals surface area contributed by atoms with Gasteiger partial charge < -0.3 is 14.8 Å². The summed E-state index contributed by atoms with van der Waals surface area (Å²) in [5.41, 5.74) is 0. The predicted molar refractivity (Wildman–Crippen MR) is 116 cm³/mol. The SMILES string of the molecule is CN=C(NCC(C)c1cccs1)N1CCC(C)C(n2ccnc2)C1.I. The molecule has 0 aromatic carbocycles. The summed E-state index contributed by atoms with van der Waals surface area (Å²) < 4.78 is 2.23. The summed E-state index contributed by atoms with van der Waals surface area (Å²) in [5, 5.41) is 5.71. The van der Waals surface area contributed by atoms with Crippen LogP contribution in [0.3, 0.4) is 0 Å². The smallest absolute Gasteiger partial charge is 0.193 e. The number of aliphatic imine (C=N–C) groups is 1. The van der Waals surface area contributed by atoms with Crippen LogP contribution in [0, 0.1) is 5.92 Å². The van der Waals surface area contributed by atoms with Crippen LogP contribution in [0.5, 0.6) is 0 Å². The first-order chi connectivity index (χ1) is 11.7. The Bertz CT molecular complexity index is 640. The summed E-state index contributed by atoms with van der Waals surface area (Å²) in [6.45, 7) is 7.54. The number of thiophene rings is 1. The zero-order chi connectivity index (χ0) is 16.9. The number of aromatic nitrogens is 2. The Balaban J connectivity index is 0.00000225. The lowest BCUT2D eigenvalue weighted by Gasteiger charge is -2.39. The Hall–Kier alpha value is -1.09. The first-order valence-corrected chi connectivity index (χ1v) is 9.53. The van der Waals surface area contributed by atoms with Gasteiger partial charge in [-0.05, 0) is 23.8 Å². The van der Waals surface area contributed by atoms with E-state index < -0.39 is 0 Å². The maximum Gasteiger partial charge on any atom is 0.193 e. The van der Waals surface area contributed by atoms with Gasteiger partial charge in [0.2, 0.25) is 0 Å². The van der Waals surface area contributed by atoms with Crippen molar-refractivity contribution in [1.82, 2.24) is 19.8 Å². The Kier molecular flexibility index (Phi) is 7.74. The topological polar surface area (TPSA) is 45.5 Å². The Morgan fingerprint density at radius 2 is 2.36 bits per heavy atom. The van der Waals surface area contributed by atoms with E-state index in [-0.39, 0.29) is 24.0 Å². The number of hydrogen-bond donors (Lipinski definition) is 1. The molecule has 0 saturated carbocycles. The third-order valence-electron chi connectivity index (χ3n) is 4.93. The van der Waals surface area contributed by atoms with E-state index >= 15 is 0 Å². The standard InChI is InChI=1S/C18H27N5S.HI/c1-14-6-8-22(12-16(14)23-9-7-20-13-23)18(19-3)21-11-15(2)17-5-4-10-24-17;/h4-5,7,9-10,13-16H,6,8,11-12H2,1-3H3,(H,19,21);1H. The van der Waals surface area contributed by atoms with Crippen LogP contribution < -0.4 is 5.32 Å². The van der Waals surface area contributed by atoms with E-state index in [0.717, 1.165) is 25.6 Å². The molecule has 1 N–H and O–H groups in total. The number of rotatable bonds is 4. The second-order valence-electron chi connectivity index (χ2n) is 6.63. The van der Waals surface area contributed by atoms with Crippen molar-refractivity contribution in [3.8, 4) is 0 Å². The highest BCUT2D eigenvalue weighted by atomic mass is 127. The van der Waals surface area contributed by atoms with E-state index in [0.29, 0.717) is 17.9 Å². The number of hydrogen-bond acceptors (Lipinski definition) is 3. The summed E-state index contributed by atoms with van der Waals surface area (Å²) in [4.78, 5) is 12.5. The third kappa shape index (κ3) is 4.97. The largest absolute Gasteiger partial charge is 0.356 e. The second-order valence-corrected chi connectivity index (χ2v) is 7.61. The number of imidazole rings is 1. The fraction of sp³-hybridized carbons (Fsp3) is 0.556. The molecule has 0 aliphatic carbocycles. The fourth-order valence-electron chi connectivity index (χ4n) is 3.34. The van der Waals surface area contributed by atoms with Gasteiger partial charge in [-0.3, -0.25) is 4.99 Å². The first kappa shape index (κ1) is 20.2. The monoisotopic (exact) mass is 473 g/mol. The molecule has 3 unspecified atom stereocenters. The molecule has 1 fully saturated rings. The number of piperidine rings is 1. The zero-order valence-corrected chi connectivity index (χ0v) is 18.3. The van der Waals surface area contributed by atoms with Crippen LogP contribution >= 0.6 is 35.3 Å². The van der Waals surface area contributed by atoms with Gasteiger partial charge in [0.25, 0.3) is 0 Å². The molecule has 0 radical (unpaired) electrons. The fourth-order valence-corrected chi connectivity index (χ4v) is 4.13. The van der Waals surface area contributed by atoms with Crippen molar-refractivity contribution in [2.24, 2.45) is 10.9 Å². The van der Waals surface area contributed by atoms with Crippen LogP contribution in [0.4, 0.5) is 0 Å². The lowest BCUT2D eigenvalue weighted by atomic mass is 9.93. The molecule has 3 atom stereocenters. The average Bonchev–Trinajstić information content (AvgIpc) is 3.30. The van der Waals surface area contributed by atoms with Crippen molar-refractivity contribution >= 4 is 41.3 Å². The van der Waals surface area contributed by atoms with Crippen LogP contribution in [0.15, 0.2) is 41.2 Å². The van der Waals surface area contributed by atoms with Crippen molar-refractivity contribution in [3.63, 3.8) is 0 Å². The molecule has 3 heterocycles. The Morgan fingerprint density at radius 1 is 1.52 bits per heavy atom. The van der Waals surface area contributed by atoms with Gasteiger partial charge in [-0.1, -0.05) is 19.9 Å². The van der Waals surface area contributed by atoms with Crippen molar-refractivity contribution in [2.45, 2.75) is 32.2 Å². The number of nitrogens with one attached hydrogen (secondary N) is 1. The van der Waals surface area contributed by atoms with E-state index in [1.807, 2.05) is 30.9 Å². The highest BCUT2D eigenvalue weighted by molar-refractivity contribution is 14.0. The maximum atomic E-state index is 4.52. The van der Waals surface area contributed by atoms with E-state index in [2.05, 4.69) is 62.3 Å². The molecule has 0 spiro atoms. The maximum absolute atomic E-state index is 4.52. The van der Waals surface area contributed by atoms with Gasteiger partial charge in [0.05, 0.1) is 12.4 Å².